The number of aliphatic hydroxyl groups is 1. The van der Waals surface area contributed by atoms with Gasteiger partial charge in [0.2, 0.25) is 0 Å². The SMILES string of the molecule is CC(C)(C)c1ccc(Cn2cccc2CN(CC(O)COCc2ccco2)C2CC2)cc1. The lowest BCUT2D eigenvalue weighted by Crippen LogP contribution is -2.36. The van der Waals surface area contributed by atoms with Gasteiger partial charge in [0.05, 0.1) is 19.0 Å². The Balaban J connectivity index is 1.32. The second-order valence-electron chi connectivity index (χ2n) is 9.98. The molecule has 0 bridgehead atoms. The molecule has 1 unspecified atom stereocenters. The first-order valence-electron chi connectivity index (χ1n) is 11.6. The maximum atomic E-state index is 10.5. The van der Waals surface area contributed by atoms with E-state index in [0.29, 0.717) is 25.8 Å². The summed E-state index contributed by atoms with van der Waals surface area (Å²) in [6.07, 6.45) is 5.68. The van der Waals surface area contributed by atoms with Crippen LogP contribution in [0.4, 0.5) is 0 Å². The molecule has 0 amide bonds. The number of nitrogens with zero attached hydrogens (tertiary/aromatic N) is 2. The van der Waals surface area contributed by atoms with Crippen molar-refractivity contribution in [1.82, 2.24) is 9.47 Å². The van der Waals surface area contributed by atoms with Gasteiger partial charge in [0, 0.05) is 37.6 Å². The maximum absolute atomic E-state index is 10.5. The Bertz CT molecular complexity index is 950. The van der Waals surface area contributed by atoms with E-state index in [4.69, 9.17) is 9.15 Å². The van der Waals surface area contributed by atoms with Gasteiger partial charge >= 0.3 is 0 Å². The predicted molar refractivity (Wildman–Crippen MR) is 126 cm³/mol. The molecule has 1 N–H and O–H groups in total. The summed E-state index contributed by atoms with van der Waals surface area (Å²) in [5.41, 5.74) is 4.11. The summed E-state index contributed by atoms with van der Waals surface area (Å²) in [6, 6.07) is 17.6. The molecule has 0 saturated heterocycles. The first-order valence-corrected chi connectivity index (χ1v) is 11.6. The van der Waals surface area contributed by atoms with Crippen LogP contribution in [-0.4, -0.2) is 39.9 Å². The quantitative estimate of drug-likeness (QED) is 0.461. The third kappa shape index (κ3) is 6.35. The van der Waals surface area contributed by atoms with Crippen LogP contribution in [0.2, 0.25) is 0 Å². The van der Waals surface area contributed by atoms with E-state index in [2.05, 4.69) is 72.8 Å². The zero-order valence-corrected chi connectivity index (χ0v) is 19.5. The molecule has 3 aromatic rings. The minimum absolute atomic E-state index is 0.171. The summed E-state index contributed by atoms with van der Waals surface area (Å²) < 4.78 is 13.2. The van der Waals surface area contributed by atoms with Gasteiger partial charge in [-0.25, -0.2) is 0 Å². The molecule has 2 aromatic heterocycles. The van der Waals surface area contributed by atoms with Crippen LogP contribution >= 0.6 is 0 Å². The lowest BCUT2D eigenvalue weighted by Gasteiger charge is -2.25. The number of furan rings is 1. The predicted octanol–water partition coefficient (Wildman–Crippen LogP) is 4.97. The highest BCUT2D eigenvalue weighted by Crippen LogP contribution is 2.29. The molecular weight excluding hydrogens is 400 g/mol. The third-order valence-corrected chi connectivity index (χ3v) is 6.10. The molecule has 1 fully saturated rings. The molecule has 5 heteroatoms. The molecule has 5 nitrogen and oxygen atoms in total. The van der Waals surface area contributed by atoms with Crippen LogP contribution in [-0.2, 0) is 29.8 Å². The van der Waals surface area contributed by atoms with E-state index in [1.807, 2.05) is 12.1 Å². The molecule has 0 radical (unpaired) electrons. The standard InChI is InChI=1S/C27H36N2O3/c1-27(2,3)22-10-8-21(9-11-22)16-28-14-4-6-24(28)17-29(23-12-13-23)18-25(30)19-31-20-26-7-5-15-32-26/h4-11,14-15,23,25,30H,12-13,16-20H2,1-3H3. The summed E-state index contributed by atoms with van der Waals surface area (Å²) in [5.74, 6) is 0.782. The molecule has 1 atom stereocenters. The Morgan fingerprint density at radius 3 is 2.56 bits per heavy atom. The first kappa shape index (κ1) is 22.8. The Morgan fingerprint density at radius 2 is 1.91 bits per heavy atom. The number of rotatable bonds is 11. The van der Waals surface area contributed by atoms with E-state index in [1.165, 1.54) is 29.7 Å². The zero-order chi connectivity index (χ0) is 22.6. The lowest BCUT2D eigenvalue weighted by atomic mass is 9.87. The molecule has 1 aromatic carbocycles. The zero-order valence-electron chi connectivity index (χ0n) is 19.5. The summed E-state index contributed by atoms with van der Waals surface area (Å²) in [4.78, 5) is 2.40. The highest BCUT2D eigenvalue weighted by atomic mass is 16.5. The average Bonchev–Trinajstić information content (AvgIpc) is 3.30. The van der Waals surface area contributed by atoms with Crippen LogP contribution in [0.1, 0.15) is 56.2 Å². The fourth-order valence-electron chi connectivity index (χ4n) is 4.06. The first-order chi connectivity index (χ1) is 15.4. The average molecular weight is 437 g/mol. The van der Waals surface area contributed by atoms with Crippen molar-refractivity contribution in [2.24, 2.45) is 0 Å². The lowest BCUT2D eigenvalue weighted by molar-refractivity contribution is 0.00216. The van der Waals surface area contributed by atoms with Crippen molar-refractivity contribution in [3.8, 4) is 0 Å². The van der Waals surface area contributed by atoms with Crippen molar-refractivity contribution in [3.05, 3.63) is 83.6 Å². The smallest absolute Gasteiger partial charge is 0.129 e. The number of ether oxygens (including phenoxy) is 1. The van der Waals surface area contributed by atoms with Gasteiger partial charge in [-0.05, 0) is 53.6 Å². The van der Waals surface area contributed by atoms with E-state index in [9.17, 15) is 5.11 Å². The van der Waals surface area contributed by atoms with Crippen molar-refractivity contribution < 1.29 is 14.3 Å². The maximum Gasteiger partial charge on any atom is 0.129 e. The van der Waals surface area contributed by atoms with E-state index >= 15 is 0 Å². The molecule has 0 aliphatic heterocycles. The van der Waals surface area contributed by atoms with Crippen LogP contribution < -0.4 is 0 Å². The topological polar surface area (TPSA) is 50.8 Å². The summed E-state index contributed by atoms with van der Waals surface area (Å²) in [7, 11) is 0. The largest absolute Gasteiger partial charge is 0.467 e. The molecular formula is C27H36N2O3. The van der Waals surface area contributed by atoms with Crippen LogP contribution in [0, 0.1) is 0 Å². The molecule has 32 heavy (non-hydrogen) atoms. The minimum Gasteiger partial charge on any atom is -0.467 e. The molecule has 1 aliphatic carbocycles. The monoisotopic (exact) mass is 436 g/mol. The Hall–Kier alpha value is -2.34. The Labute approximate surface area is 191 Å². The minimum atomic E-state index is -0.515. The summed E-state index contributed by atoms with van der Waals surface area (Å²) in [5, 5.41) is 10.5. The highest BCUT2D eigenvalue weighted by molar-refractivity contribution is 5.28. The van der Waals surface area contributed by atoms with Gasteiger partial charge in [0.1, 0.15) is 12.4 Å². The Morgan fingerprint density at radius 1 is 1.12 bits per heavy atom. The third-order valence-electron chi connectivity index (χ3n) is 6.10. The van der Waals surface area contributed by atoms with Crippen molar-refractivity contribution in [3.63, 3.8) is 0 Å². The van der Waals surface area contributed by atoms with Crippen molar-refractivity contribution in [1.29, 1.82) is 0 Å². The second-order valence-corrected chi connectivity index (χ2v) is 9.98. The molecule has 0 spiro atoms. The molecule has 172 valence electrons. The van der Waals surface area contributed by atoms with E-state index in [0.717, 1.165) is 18.8 Å². The van der Waals surface area contributed by atoms with E-state index < -0.39 is 6.10 Å². The van der Waals surface area contributed by atoms with Crippen LogP contribution in [0.15, 0.2) is 65.4 Å². The van der Waals surface area contributed by atoms with Gasteiger partial charge in [0.25, 0.3) is 0 Å². The molecule has 2 heterocycles. The van der Waals surface area contributed by atoms with Crippen LogP contribution in [0.25, 0.3) is 0 Å². The van der Waals surface area contributed by atoms with Gasteiger partial charge in [-0.3, -0.25) is 4.90 Å². The number of benzene rings is 1. The number of hydrogen-bond acceptors (Lipinski definition) is 4. The highest BCUT2D eigenvalue weighted by Gasteiger charge is 2.30. The van der Waals surface area contributed by atoms with Crippen LogP contribution in [0.5, 0.6) is 0 Å². The summed E-state index contributed by atoms with van der Waals surface area (Å²) in [6.45, 7) is 9.76. The second kappa shape index (κ2) is 10.1. The van der Waals surface area contributed by atoms with E-state index in [-0.39, 0.29) is 5.41 Å². The fraction of sp³-hybridized carbons (Fsp3) is 0.481. The molecule has 1 aliphatic rings. The normalized spacial score (nSPS) is 15.4. The van der Waals surface area contributed by atoms with E-state index in [1.54, 1.807) is 6.26 Å². The fourth-order valence-corrected chi connectivity index (χ4v) is 4.06. The Kier molecular flexibility index (Phi) is 7.19. The van der Waals surface area contributed by atoms with Crippen LogP contribution in [0.3, 0.4) is 0 Å². The van der Waals surface area contributed by atoms with Crippen molar-refractivity contribution in [2.45, 2.75) is 70.9 Å². The number of aromatic nitrogens is 1. The van der Waals surface area contributed by atoms with Crippen molar-refractivity contribution >= 4 is 0 Å². The van der Waals surface area contributed by atoms with Gasteiger partial charge in [-0.15, -0.1) is 0 Å². The van der Waals surface area contributed by atoms with Gasteiger partial charge in [0.15, 0.2) is 0 Å². The van der Waals surface area contributed by atoms with Gasteiger partial charge < -0.3 is 18.8 Å². The molecule has 1 saturated carbocycles. The number of hydrogen-bond donors (Lipinski definition) is 1. The van der Waals surface area contributed by atoms with Crippen molar-refractivity contribution in [2.75, 3.05) is 13.2 Å². The number of aliphatic hydroxyl groups excluding tert-OH is 1. The van der Waals surface area contributed by atoms with Gasteiger partial charge in [-0.2, -0.15) is 0 Å². The molecule has 4 rings (SSSR count). The summed E-state index contributed by atoms with van der Waals surface area (Å²) >= 11 is 0. The van der Waals surface area contributed by atoms with Gasteiger partial charge in [-0.1, -0.05) is 45.0 Å².